The van der Waals surface area contributed by atoms with Crippen LogP contribution in [-0.2, 0) is 0 Å². The fourth-order valence-corrected chi connectivity index (χ4v) is 1.75. The Morgan fingerprint density at radius 2 is 2.20 bits per heavy atom. The van der Waals surface area contributed by atoms with Crippen molar-refractivity contribution in [2.75, 3.05) is 0 Å². The van der Waals surface area contributed by atoms with Crippen molar-refractivity contribution in [3.05, 3.63) is 0 Å². The van der Waals surface area contributed by atoms with Crippen molar-refractivity contribution in [1.82, 2.24) is 0 Å². The molecule has 1 rings (SSSR count). The van der Waals surface area contributed by atoms with Gasteiger partial charge in [-0.1, -0.05) is 19.8 Å². The highest BCUT2D eigenvalue weighted by Crippen LogP contribution is 2.25. The van der Waals surface area contributed by atoms with Crippen molar-refractivity contribution in [2.24, 2.45) is 10.9 Å². The van der Waals surface area contributed by atoms with Crippen LogP contribution in [0.2, 0.25) is 0 Å². The number of aliphatic imine (C=N–C) groups is 1. The van der Waals surface area contributed by atoms with Crippen LogP contribution in [0, 0.1) is 5.92 Å². The molecule has 0 aromatic rings. The van der Waals surface area contributed by atoms with Gasteiger partial charge in [0.05, 0.1) is 0 Å². The molecule has 0 aromatic heterocycles. The van der Waals surface area contributed by atoms with Gasteiger partial charge >= 0.3 is 0 Å². The minimum Gasteiger partial charge on any atom is -0.295 e. The van der Waals surface area contributed by atoms with E-state index in [1.54, 1.807) is 0 Å². The lowest BCUT2D eigenvalue weighted by Gasteiger charge is -2.23. The van der Waals surface area contributed by atoms with Crippen LogP contribution < -0.4 is 0 Å². The minimum atomic E-state index is 0.647. The van der Waals surface area contributed by atoms with Gasteiger partial charge in [0.1, 0.15) is 0 Å². The lowest BCUT2D eigenvalue weighted by atomic mass is 9.87. The number of nitrogens with zero attached hydrogens (tertiary/aromatic N) is 1. The lowest BCUT2D eigenvalue weighted by molar-refractivity contribution is 0.346. The molecular formula is C9H17N. The molecule has 1 aliphatic carbocycles. The highest BCUT2D eigenvalue weighted by Gasteiger charge is 2.16. The Morgan fingerprint density at radius 3 is 2.80 bits per heavy atom. The van der Waals surface area contributed by atoms with Gasteiger partial charge in [-0.25, -0.2) is 0 Å². The first-order valence-electron chi connectivity index (χ1n) is 4.30. The number of hydrogen-bond acceptors (Lipinski definition) is 1. The maximum Gasteiger partial charge on any atom is 0.0498 e. The molecule has 0 aromatic carbocycles. The third-order valence-corrected chi connectivity index (χ3v) is 2.27. The van der Waals surface area contributed by atoms with Gasteiger partial charge in [-0.05, 0) is 31.9 Å². The Labute approximate surface area is 63.5 Å². The van der Waals surface area contributed by atoms with E-state index in [9.17, 15) is 0 Å². The van der Waals surface area contributed by atoms with E-state index in [1.807, 2.05) is 13.1 Å². The summed E-state index contributed by atoms with van der Waals surface area (Å²) >= 11 is 0. The van der Waals surface area contributed by atoms with Gasteiger partial charge in [-0.2, -0.15) is 0 Å². The molecule has 1 fully saturated rings. The maximum absolute atomic E-state index is 4.41. The SMILES string of the molecule is CC=NC1CCCC(C)C1. The molecule has 0 heterocycles. The molecule has 0 saturated heterocycles. The molecule has 0 amide bonds. The second kappa shape index (κ2) is 3.75. The lowest BCUT2D eigenvalue weighted by Crippen LogP contribution is -2.15. The highest BCUT2D eigenvalue weighted by atomic mass is 14.8. The van der Waals surface area contributed by atoms with Gasteiger partial charge in [-0.15, -0.1) is 0 Å². The van der Waals surface area contributed by atoms with Crippen molar-refractivity contribution in [2.45, 2.75) is 45.6 Å². The van der Waals surface area contributed by atoms with E-state index in [2.05, 4.69) is 11.9 Å². The summed E-state index contributed by atoms with van der Waals surface area (Å²) in [5.41, 5.74) is 0. The second-order valence-electron chi connectivity index (χ2n) is 3.33. The largest absolute Gasteiger partial charge is 0.295 e. The quantitative estimate of drug-likeness (QED) is 0.495. The van der Waals surface area contributed by atoms with Crippen LogP contribution >= 0.6 is 0 Å². The summed E-state index contributed by atoms with van der Waals surface area (Å²) in [7, 11) is 0. The Hall–Kier alpha value is -0.330. The fourth-order valence-electron chi connectivity index (χ4n) is 1.75. The summed E-state index contributed by atoms with van der Waals surface area (Å²) in [6.07, 6.45) is 7.36. The fraction of sp³-hybridized carbons (Fsp3) is 0.889. The smallest absolute Gasteiger partial charge is 0.0498 e. The van der Waals surface area contributed by atoms with Crippen molar-refractivity contribution in [1.29, 1.82) is 0 Å². The van der Waals surface area contributed by atoms with Crippen LogP contribution in [0.15, 0.2) is 4.99 Å². The summed E-state index contributed by atoms with van der Waals surface area (Å²) in [4.78, 5) is 4.41. The van der Waals surface area contributed by atoms with Crippen molar-refractivity contribution < 1.29 is 0 Å². The Balaban J connectivity index is 2.32. The van der Waals surface area contributed by atoms with E-state index in [1.165, 1.54) is 25.7 Å². The van der Waals surface area contributed by atoms with Gasteiger partial charge in [0, 0.05) is 6.04 Å². The van der Waals surface area contributed by atoms with Gasteiger partial charge in [0.2, 0.25) is 0 Å². The van der Waals surface area contributed by atoms with Crippen LogP contribution in [0.25, 0.3) is 0 Å². The Morgan fingerprint density at radius 1 is 1.40 bits per heavy atom. The molecule has 1 heteroatoms. The first kappa shape index (κ1) is 7.77. The van der Waals surface area contributed by atoms with E-state index in [0.29, 0.717) is 6.04 Å². The molecule has 0 radical (unpaired) electrons. The van der Waals surface area contributed by atoms with Crippen molar-refractivity contribution in [3.63, 3.8) is 0 Å². The Bertz CT molecular complexity index is 118. The summed E-state index contributed by atoms with van der Waals surface area (Å²) in [5, 5.41) is 0. The van der Waals surface area contributed by atoms with E-state index in [0.717, 1.165) is 5.92 Å². The van der Waals surface area contributed by atoms with Crippen LogP contribution in [-0.4, -0.2) is 12.3 Å². The van der Waals surface area contributed by atoms with Crippen LogP contribution in [0.5, 0.6) is 0 Å². The maximum atomic E-state index is 4.41. The van der Waals surface area contributed by atoms with E-state index in [4.69, 9.17) is 0 Å². The third-order valence-electron chi connectivity index (χ3n) is 2.27. The van der Waals surface area contributed by atoms with Gasteiger partial charge in [0.15, 0.2) is 0 Å². The van der Waals surface area contributed by atoms with Crippen molar-refractivity contribution >= 4 is 6.21 Å². The summed E-state index contributed by atoms with van der Waals surface area (Å²) in [6, 6.07) is 0.647. The molecule has 1 aliphatic rings. The zero-order chi connectivity index (χ0) is 7.40. The molecule has 0 N–H and O–H groups in total. The zero-order valence-electron chi connectivity index (χ0n) is 7.01. The summed E-state index contributed by atoms with van der Waals surface area (Å²) in [5.74, 6) is 0.905. The van der Waals surface area contributed by atoms with Crippen LogP contribution in [0.3, 0.4) is 0 Å². The standard InChI is InChI=1S/C9H17N/c1-3-10-9-6-4-5-8(2)7-9/h3,8-9H,4-7H2,1-2H3. The molecule has 0 spiro atoms. The average Bonchev–Trinajstić information content (AvgIpc) is 1.88. The van der Waals surface area contributed by atoms with Crippen molar-refractivity contribution in [3.8, 4) is 0 Å². The van der Waals surface area contributed by atoms with Crippen LogP contribution in [0.4, 0.5) is 0 Å². The molecule has 1 saturated carbocycles. The second-order valence-corrected chi connectivity index (χ2v) is 3.33. The molecule has 1 nitrogen and oxygen atoms in total. The number of rotatable bonds is 1. The third kappa shape index (κ3) is 2.13. The summed E-state index contributed by atoms with van der Waals surface area (Å²) < 4.78 is 0. The van der Waals surface area contributed by atoms with Crippen LogP contribution in [0.1, 0.15) is 39.5 Å². The Kier molecular flexibility index (Phi) is 2.91. The van der Waals surface area contributed by atoms with Gasteiger partial charge < -0.3 is 0 Å². The summed E-state index contributed by atoms with van der Waals surface area (Å²) in [6.45, 7) is 4.34. The molecule has 58 valence electrons. The van der Waals surface area contributed by atoms with E-state index in [-0.39, 0.29) is 0 Å². The minimum absolute atomic E-state index is 0.647. The number of hydrogen-bond donors (Lipinski definition) is 0. The monoisotopic (exact) mass is 139 g/mol. The van der Waals surface area contributed by atoms with E-state index < -0.39 is 0 Å². The molecule has 2 atom stereocenters. The first-order chi connectivity index (χ1) is 4.83. The molecule has 0 aliphatic heterocycles. The van der Waals surface area contributed by atoms with Gasteiger partial charge in [-0.3, -0.25) is 4.99 Å². The predicted molar refractivity (Wildman–Crippen MR) is 45.6 cm³/mol. The molecule has 0 bridgehead atoms. The molecule has 10 heavy (non-hydrogen) atoms. The van der Waals surface area contributed by atoms with Gasteiger partial charge in [0.25, 0.3) is 0 Å². The zero-order valence-corrected chi connectivity index (χ0v) is 7.01. The predicted octanol–water partition coefficient (Wildman–Crippen LogP) is 2.66. The normalized spacial score (nSPS) is 35.0. The average molecular weight is 139 g/mol. The van der Waals surface area contributed by atoms with E-state index >= 15 is 0 Å². The topological polar surface area (TPSA) is 12.4 Å². The first-order valence-corrected chi connectivity index (χ1v) is 4.30. The highest BCUT2D eigenvalue weighted by molar-refractivity contribution is 5.53. The molecule has 2 unspecified atom stereocenters. The molecular weight excluding hydrogens is 122 g/mol.